The van der Waals surface area contributed by atoms with Crippen LogP contribution in [0, 0.1) is 0 Å². The van der Waals surface area contributed by atoms with Crippen molar-refractivity contribution in [3.63, 3.8) is 0 Å². The Morgan fingerprint density at radius 2 is 1.21 bits per heavy atom. The van der Waals surface area contributed by atoms with Crippen molar-refractivity contribution in [2.45, 2.75) is 65.2 Å². The average Bonchev–Trinajstić information content (AvgIpc) is 4.19. The third-order valence-electron chi connectivity index (χ3n) is 11.0. The number of aromatic nitrogens is 14. The Bertz CT molecular complexity index is 3370. The molecule has 20 heteroatoms. The number of pyridine rings is 6. The third kappa shape index (κ3) is 11.3. The monoisotopic (exact) mass is 986 g/mol. The first-order valence-corrected chi connectivity index (χ1v) is 28.3. The van der Waals surface area contributed by atoms with Crippen molar-refractivity contribution >= 4 is 74.7 Å². The Labute approximate surface area is 415 Å². The maximum Gasteiger partial charge on any atom is 0.215 e. The normalized spacial score (nSPS) is 11.7. The molecule has 10 heterocycles. The average molecular weight is 987 g/mol. The summed E-state index contributed by atoms with van der Waals surface area (Å²) >= 11 is 3.11. The quantitative estimate of drug-likeness (QED) is 0.0580. The molecule has 0 atom stereocenters. The molecule has 0 unspecified atom stereocenters. The van der Waals surface area contributed by atoms with Gasteiger partial charge in [-0.25, -0.2) is 9.97 Å². The smallest absolute Gasteiger partial charge is 0.215 e. The van der Waals surface area contributed by atoms with E-state index in [2.05, 4.69) is 104 Å². The van der Waals surface area contributed by atoms with Crippen molar-refractivity contribution in [1.29, 1.82) is 0 Å². The second kappa shape index (κ2) is 20.8. The second-order valence-electron chi connectivity index (χ2n) is 18.5. The summed E-state index contributed by atoms with van der Waals surface area (Å²) in [6.07, 6.45) is 11.2. The highest BCUT2D eigenvalue weighted by Gasteiger charge is 2.21. The van der Waals surface area contributed by atoms with Crippen LogP contribution in [0.4, 0.5) is 21.9 Å². The first-order valence-electron chi connectivity index (χ1n) is 23.0. The van der Waals surface area contributed by atoms with Crippen LogP contribution in [-0.2, 0) is 18.8 Å². The topological polar surface area (TPSA) is 189 Å². The summed E-state index contributed by atoms with van der Waals surface area (Å²) in [5.41, 5.74) is 10.2. The molecule has 0 bridgehead atoms. The van der Waals surface area contributed by atoms with Crippen molar-refractivity contribution in [3.8, 4) is 45.0 Å². The van der Waals surface area contributed by atoms with Gasteiger partial charge in [0.05, 0.1) is 33.5 Å². The Hall–Kier alpha value is -7.26. The molecule has 17 nitrogen and oxygen atoms in total. The van der Waals surface area contributed by atoms with Gasteiger partial charge < -0.3 is 10.1 Å². The zero-order chi connectivity index (χ0) is 48.9. The number of ether oxygens (including phenoxy) is 1. The zero-order valence-corrected chi connectivity index (χ0v) is 43.2. The molecule has 70 heavy (non-hydrogen) atoms. The van der Waals surface area contributed by atoms with Gasteiger partial charge in [-0.15, -0.1) is 20.4 Å². The van der Waals surface area contributed by atoms with E-state index >= 15 is 0 Å². The maximum absolute atomic E-state index is 6.15. The van der Waals surface area contributed by atoms with E-state index in [4.69, 9.17) is 19.7 Å². The van der Waals surface area contributed by atoms with Crippen LogP contribution in [0.3, 0.4) is 0 Å². The molecule has 0 aliphatic carbocycles. The summed E-state index contributed by atoms with van der Waals surface area (Å²) in [7, 11) is 2.61. The van der Waals surface area contributed by atoms with Crippen LogP contribution in [0.15, 0.2) is 110 Å². The fraction of sp³-hybridized carbons (Fsp3) is 0.280. The summed E-state index contributed by atoms with van der Waals surface area (Å²) in [6.45, 7) is 16.6. The first kappa shape index (κ1) is 47.8. The molecule has 10 rings (SSSR count). The number of fused-ring (bicyclic) bond motifs is 2. The fourth-order valence-electron chi connectivity index (χ4n) is 7.25. The van der Waals surface area contributed by atoms with Crippen LogP contribution in [0.25, 0.3) is 67.1 Å². The number of hydrogen-bond acceptors (Lipinski definition) is 17. The van der Waals surface area contributed by atoms with E-state index in [1.165, 1.54) is 11.3 Å². The highest BCUT2D eigenvalue weighted by atomic mass is 32.1. The van der Waals surface area contributed by atoms with Crippen molar-refractivity contribution in [2.24, 2.45) is 14.1 Å². The van der Waals surface area contributed by atoms with Crippen molar-refractivity contribution in [1.82, 2.24) is 69.9 Å². The molecular formula is C50H54N16OS2Si. The fourth-order valence-corrected chi connectivity index (χ4v) is 9.60. The Balaban J connectivity index is 0.000000178. The summed E-state index contributed by atoms with van der Waals surface area (Å²) < 4.78 is 9.74. The molecule has 0 aliphatic rings. The van der Waals surface area contributed by atoms with Gasteiger partial charge in [-0.05, 0) is 66.7 Å². The van der Waals surface area contributed by atoms with Gasteiger partial charge in [-0.3, -0.25) is 34.2 Å². The van der Waals surface area contributed by atoms with E-state index in [1.54, 1.807) is 33.1 Å². The lowest BCUT2D eigenvalue weighted by atomic mass is 10.1. The largest absolute Gasteiger partial charge is 0.361 e. The Morgan fingerprint density at radius 1 is 0.643 bits per heavy atom. The van der Waals surface area contributed by atoms with Crippen molar-refractivity contribution in [3.05, 3.63) is 120 Å². The van der Waals surface area contributed by atoms with Gasteiger partial charge in [0.15, 0.2) is 0 Å². The third-order valence-corrected chi connectivity index (χ3v) is 15.1. The minimum absolute atomic E-state index is 0.301. The standard InChI is InChI=1S/C28H34N8OSSi.C22H20N8S/c1-19(2)27-32-33-28(38-27)36(18-37-13-14-39(4,5)6)25-11-10-22-24(31-25)15-20(16-30-22)21-17-35(3)34-26(21)23-9-7-8-12-29-23;1-13(2)21-27-28-22(31-21)26-19-8-7-16-18(25-19)10-14(11-24-16)15-12-30(3)29-20(15)17-6-4-5-9-23-17/h7-12,15-17,19H,13-14,18H2,1-6H3;4-13H,1-3H3,(H,25,26,28). The summed E-state index contributed by atoms with van der Waals surface area (Å²) in [5.74, 6) is 2.10. The molecule has 0 aromatic carbocycles. The van der Waals surface area contributed by atoms with E-state index in [0.717, 1.165) is 99.2 Å². The molecule has 0 saturated carbocycles. The van der Waals surface area contributed by atoms with Crippen LogP contribution in [0.1, 0.15) is 49.5 Å². The van der Waals surface area contributed by atoms with Gasteiger partial charge in [-0.2, -0.15) is 10.2 Å². The predicted molar refractivity (Wildman–Crippen MR) is 282 cm³/mol. The number of hydrogen-bond donors (Lipinski definition) is 1. The molecule has 0 radical (unpaired) electrons. The number of nitrogens with zero attached hydrogens (tertiary/aromatic N) is 15. The second-order valence-corrected chi connectivity index (χ2v) is 26.1. The van der Waals surface area contributed by atoms with E-state index in [-0.39, 0.29) is 0 Å². The number of nitrogens with one attached hydrogen (secondary N) is 1. The Morgan fingerprint density at radius 3 is 1.76 bits per heavy atom. The lowest BCUT2D eigenvalue weighted by Gasteiger charge is -2.22. The zero-order valence-electron chi connectivity index (χ0n) is 40.6. The molecule has 0 fully saturated rings. The first-order chi connectivity index (χ1) is 33.7. The molecular weight excluding hydrogens is 933 g/mol. The highest BCUT2D eigenvalue weighted by molar-refractivity contribution is 7.15. The number of aryl methyl sites for hydroxylation is 2. The summed E-state index contributed by atoms with van der Waals surface area (Å²) in [5, 5.41) is 33.3. The van der Waals surface area contributed by atoms with E-state index in [0.29, 0.717) is 31.0 Å². The Kier molecular flexibility index (Phi) is 14.2. The highest BCUT2D eigenvalue weighted by Crippen LogP contribution is 2.35. The van der Waals surface area contributed by atoms with E-state index in [1.807, 2.05) is 111 Å². The number of rotatable bonds is 15. The molecule has 356 valence electrons. The van der Waals surface area contributed by atoms with Crippen LogP contribution < -0.4 is 10.2 Å². The molecule has 10 aromatic rings. The van der Waals surface area contributed by atoms with Gasteiger partial charge in [0.25, 0.3) is 0 Å². The molecule has 10 aromatic heterocycles. The molecule has 1 N–H and O–H groups in total. The molecule has 0 aliphatic heterocycles. The van der Waals surface area contributed by atoms with Crippen LogP contribution in [-0.4, -0.2) is 91.3 Å². The summed E-state index contributed by atoms with van der Waals surface area (Å²) in [6, 6.07) is 24.6. The van der Waals surface area contributed by atoms with E-state index < -0.39 is 8.07 Å². The molecule has 0 spiro atoms. The SMILES string of the molecule is CC(C)c1nnc(N(COCC[Si](C)(C)C)c2ccc3ncc(-c4cn(C)nc4-c4ccccn4)cc3n2)s1.CC(C)c1nnc(Nc2ccc3ncc(-c4cn(C)nc4-c4ccccn4)cc3n2)s1. The predicted octanol–water partition coefficient (Wildman–Crippen LogP) is 11.3. The number of anilines is 4. The van der Waals surface area contributed by atoms with Gasteiger partial charge in [0.1, 0.15) is 39.8 Å². The molecule has 0 amide bonds. The van der Waals surface area contributed by atoms with Gasteiger partial charge >= 0.3 is 0 Å². The minimum atomic E-state index is -1.21. The minimum Gasteiger partial charge on any atom is -0.361 e. The van der Waals surface area contributed by atoms with Gasteiger partial charge in [0.2, 0.25) is 10.3 Å². The van der Waals surface area contributed by atoms with Crippen LogP contribution in [0.2, 0.25) is 25.7 Å². The lowest BCUT2D eigenvalue weighted by molar-refractivity contribution is 0.153. The van der Waals surface area contributed by atoms with Crippen molar-refractivity contribution < 1.29 is 4.74 Å². The maximum atomic E-state index is 6.15. The molecule has 0 saturated heterocycles. The van der Waals surface area contributed by atoms with Crippen molar-refractivity contribution in [2.75, 3.05) is 23.6 Å². The lowest BCUT2D eigenvalue weighted by Crippen LogP contribution is -2.26. The van der Waals surface area contributed by atoms with Crippen LogP contribution in [0.5, 0.6) is 0 Å². The summed E-state index contributed by atoms with van der Waals surface area (Å²) in [4.78, 5) is 30.0. The van der Waals surface area contributed by atoms with Gasteiger partial charge in [-0.1, -0.05) is 82.1 Å². The van der Waals surface area contributed by atoms with Gasteiger partial charge in [0, 0.05) is 100 Å². The van der Waals surface area contributed by atoms with Crippen LogP contribution >= 0.6 is 22.7 Å². The van der Waals surface area contributed by atoms with E-state index in [9.17, 15) is 0 Å².